The van der Waals surface area contributed by atoms with Crippen LogP contribution < -0.4 is 10.9 Å². The number of benzene rings is 2. The molecule has 0 spiro atoms. The SMILES string of the molecule is Cc1ccc(C)c(Cn2cc(C(=O)Nc3nc4ccccc4s3)ccc2=O)c1. The normalized spacial score (nSPS) is 10.9. The molecular weight excluding hydrogens is 370 g/mol. The van der Waals surface area contributed by atoms with E-state index in [-0.39, 0.29) is 11.5 Å². The molecule has 0 radical (unpaired) electrons. The van der Waals surface area contributed by atoms with E-state index in [1.54, 1.807) is 16.8 Å². The van der Waals surface area contributed by atoms with E-state index in [4.69, 9.17) is 0 Å². The Morgan fingerprint density at radius 2 is 1.93 bits per heavy atom. The third-order valence-corrected chi connectivity index (χ3v) is 5.56. The summed E-state index contributed by atoms with van der Waals surface area (Å²) in [4.78, 5) is 29.4. The molecule has 0 bridgehead atoms. The largest absolute Gasteiger partial charge is 0.310 e. The first-order valence-corrected chi connectivity index (χ1v) is 9.75. The number of fused-ring (bicyclic) bond motifs is 1. The minimum Gasteiger partial charge on any atom is -0.310 e. The second-order valence-corrected chi connectivity index (χ2v) is 7.79. The van der Waals surface area contributed by atoms with Crippen LogP contribution in [0.3, 0.4) is 0 Å². The number of pyridine rings is 1. The van der Waals surface area contributed by atoms with Crippen molar-refractivity contribution in [1.29, 1.82) is 0 Å². The number of aromatic nitrogens is 2. The fraction of sp³-hybridized carbons (Fsp3) is 0.136. The van der Waals surface area contributed by atoms with Gasteiger partial charge in [0.1, 0.15) is 0 Å². The Morgan fingerprint density at radius 1 is 1.11 bits per heavy atom. The number of carbonyl (C=O) groups excluding carboxylic acids is 1. The van der Waals surface area contributed by atoms with Gasteiger partial charge in [-0.2, -0.15) is 0 Å². The summed E-state index contributed by atoms with van der Waals surface area (Å²) in [5.74, 6) is -0.284. The van der Waals surface area contributed by atoms with Crippen LogP contribution in [0.15, 0.2) is 65.6 Å². The van der Waals surface area contributed by atoms with Gasteiger partial charge in [0.05, 0.1) is 22.3 Å². The van der Waals surface area contributed by atoms with E-state index in [0.29, 0.717) is 17.2 Å². The Bertz CT molecular complexity index is 1210. The second kappa shape index (κ2) is 7.40. The summed E-state index contributed by atoms with van der Waals surface area (Å²) >= 11 is 1.42. The summed E-state index contributed by atoms with van der Waals surface area (Å²) in [6.07, 6.45) is 1.60. The lowest BCUT2D eigenvalue weighted by atomic mass is 10.1. The van der Waals surface area contributed by atoms with Gasteiger partial charge in [0.15, 0.2) is 5.13 Å². The first kappa shape index (κ1) is 18.1. The highest BCUT2D eigenvalue weighted by atomic mass is 32.1. The smallest absolute Gasteiger partial charge is 0.258 e. The van der Waals surface area contributed by atoms with Crippen molar-refractivity contribution in [3.05, 3.63) is 93.4 Å². The van der Waals surface area contributed by atoms with Crippen molar-refractivity contribution in [2.24, 2.45) is 0 Å². The van der Waals surface area contributed by atoms with Gasteiger partial charge < -0.3 is 4.57 Å². The number of nitrogens with zero attached hydrogens (tertiary/aromatic N) is 2. The maximum absolute atomic E-state index is 12.7. The molecule has 2 heterocycles. The molecule has 28 heavy (non-hydrogen) atoms. The fourth-order valence-electron chi connectivity index (χ4n) is 3.04. The number of thiazole rings is 1. The van der Waals surface area contributed by atoms with E-state index >= 15 is 0 Å². The summed E-state index contributed by atoms with van der Waals surface area (Å²) in [7, 11) is 0. The molecule has 2 aromatic heterocycles. The molecule has 0 aliphatic rings. The van der Waals surface area contributed by atoms with Crippen molar-refractivity contribution in [3.63, 3.8) is 0 Å². The van der Waals surface area contributed by atoms with Crippen molar-refractivity contribution in [2.45, 2.75) is 20.4 Å². The van der Waals surface area contributed by atoms with Crippen LogP contribution in [0.25, 0.3) is 10.2 Å². The van der Waals surface area contributed by atoms with Gasteiger partial charge in [-0.05, 0) is 43.2 Å². The van der Waals surface area contributed by atoms with E-state index in [2.05, 4.69) is 16.4 Å². The molecule has 4 aromatic rings. The average molecular weight is 389 g/mol. The second-order valence-electron chi connectivity index (χ2n) is 6.75. The molecule has 0 unspecified atom stereocenters. The zero-order valence-corrected chi connectivity index (χ0v) is 16.4. The molecule has 0 aliphatic heterocycles. The Kier molecular flexibility index (Phi) is 4.79. The minimum atomic E-state index is -0.284. The van der Waals surface area contributed by atoms with Gasteiger partial charge >= 0.3 is 0 Å². The number of hydrogen-bond donors (Lipinski definition) is 1. The van der Waals surface area contributed by atoms with E-state index in [0.717, 1.165) is 26.9 Å². The zero-order valence-electron chi connectivity index (χ0n) is 15.6. The lowest BCUT2D eigenvalue weighted by Crippen LogP contribution is -2.23. The summed E-state index contributed by atoms with van der Waals surface area (Å²) in [5.41, 5.74) is 4.44. The number of rotatable bonds is 4. The van der Waals surface area contributed by atoms with Gasteiger partial charge in [-0.3, -0.25) is 14.9 Å². The topological polar surface area (TPSA) is 64.0 Å². The van der Waals surface area contributed by atoms with Crippen LogP contribution >= 0.6 is 11.3 Å². The molecule has 0 saturated carbocycles. The van der Waals surface area contributed by atoms with Crippen molar-refractivity contribution < 1.29 is 4.79 Å². The van der Waals surface area contributed by atoms with Crippen molar-refractivity contribution in [3.8, 4) is 0 Å². The van der Waals surface area contributed by atoms with Crippen LogP contribution in [0.2, 0.25) is 0 Å². The quantitative estimate of drug-likeness (QED) is 0.563. The Hall–Kier alpha value is -3.25. The van der Waals surface area contributed by atoms with Gasteiger partial charge in [0, 0.05) is 12.3 Å². The molecule has 5 nitrogen and oxygen atoms in total. The molecular formula is C22H19N3O2S. The summed E-state index contributed by atoms with van der Waals surface area (Å²) in [6, 6.07) is 16.9. The van der Waals surface area contributed by atoms with Crippen LogP contribution in [0.4, 0.5) is 5.13 Å². The Morgan fingerprint density at radius 3 is 2.75 bits per heavy atom. The molecule has 0 fully saturated rings. The van der Waals surface area contributed by atoms with Gasteiger partial charge in [0.2, 0.25) is 0 Å². The zero-order chi connectivity index (χ0) is 19.7. The van der Waals surface area contributed by atoms with E-state index in [1.807, 2.05) is 50.2 Å². The molecule has 6 heteroatoms. The lowest BCUT2D eigenvalue weighted by Gasteiger charge is -2.11. The molecule has 140 valence electrons. The molecule has 0 aliphatic carbocycles. The third-order valence-electron chi connectivity index (χ3n) is 4.61. The summed E-state index contributed by atoms with van der Waals surface area (Å²) in [6.45, 7) is 4.46. The number of hydrogen-bond acceptors (Lipinski definition) is 4. The van der Waals surface area contributed by atoms with Crippen molar-refractivity contribution >= 4 is 32.6 Å². The Labute approximate surface area is 166 Å². The van der Waals surface area contributed by atoms with Gasteiger partial charge in [-0.15, -0.1) is 0 Å². The summed E-state index contributed by atoms with van der Waals surface area (Å²) in [5, 5.41) is 3.37. The minimum absolute atomic E-state index is 0.141. The predicted molar refractivity (Wildman–Crippen MR) is 113 cm³/mol. The number of aryl methyl sites for hydroxylation is 2. The molecule has 2 aromatic carbocycles. The van der Waals surface area contributed by atoms with Gasteiger partial charge in [-0.25, -0.2) is 4.98 Å². The van der Waals surface area contributed by atoms with Gasteiger partial charge in [-0.1, -0.05) is 47.2 Å². The van der Waals surface area contributed by atoms with E-state index in [1.165, 1.54) is 17.4 Å². The molecule has 1 N–H and O–H groups in total. The maximum atomic E-state index is 12.7. The van der Waals surface area contributed by atoms with Crippen LogP contribution in [0, 0.1) is 13.8 Å². The van der Waals surface area contributed by atoms with E-state index < -0.39 is 0 Å². The third kappa shape index (κ3) is 3.73. The Balaban J connectivity index is 1.59. The van der Waals surface area contributed by atoms with Gasteiger partial charge in [0.25, 0.3) is 11.5 Å². The number of carbonyl (C=O) groups is 1. The van der Waals surface area contributed by atoms with E-state index in [9.17, 15) is 9.59 Å². The predicted octanol–water partition coefficient (Wildman–Crippen LogP) is 4.38. The molecule has 4 rings (SSSR count). The van der Waals surface area contributed by atoms with Crippen LogP contribution in [-0.2, 0) is 6.54 Å². The highest BCUT2D eigenvalue weighted by Crippen LogP contribution is 2.25. The lowest BCUT2D eigenvalue weighted by molar-refractivity contribution is 0.102. The monoisotopic (exact) mass is 389 g/mol. The number of anilines is 1. The van der Waals surface area contributed by atoms with Crippen LogP contribution in [0.5, 0.6) is 0 Å². The molecule has 0 saturated heterocycles. The first-order chi connectivity index (χ1) is 13.5. The summed E-state index contributed by atoms with van der Waals surface area (Å²) < 4.78 is 2.58. The number of amides is 1. The maximum Gasteiger partial charge on any atom is 0.258 e. The number of para-hydroxylation sites is 1. The fourth-order valence-corrected chi connectivity index (χ4v) is 3.90. The molecule has 1 amide bonds. The highest BCUT2D eigenvalue weighted by molar-refractivity contribution is 7.22. The standard InChI is InChI=1S/C22H19N3O2S/c1-14-7-8-15(2)17(11-14)13-25-12-16(9-10-20(25)26)21(27)24-22-23-18-5-3-4-6-19(18)28-22/h3-12H,13H2,1-2H3,(H,23,24,27). The highest BCUT2D eigenvalue weighted by Gasteiger charge is 2.12. The average Bonchev–Trinajstić information content (AvgIpc) is 3.08. The van der Waals surface area contributed by atoms with Crippen molar-refractivity contribution in [1.82, 2.24) is 9.55 Å². The van der Waals surface area contributed by atoms with Crippen LogP contribution in [0.1, 0.15) is 27.0 Å². The van der Waals surface area contributed by atoms with Crippen molar-refractivity contribution in [2.75, 3.05) is 5.32 Å². The molecule has 0 atom stereocenters. The first-order valence-electron chi connectivity index (χ1n) is 8.93. The number of nitrogens with one attached hydrogen (secondary N) is 1. The van der Waals surface area contributed by atoms with Crippen LogP contribution in [-0.4, -0.2) is 15.5 Å².